The molecule has 0 saturated heterocycles. The maximum Gasteiger partial charge on any atom is 0.222 e. The lowest BCUT2D eigenvalue weighted by Crippen LogP contribution is -2.34. The van der Waals surface area contributed by atoms with Crippen LogP contribution in [0.2, 0.25) is 0 Å². The van der Waals surface area contributed by atoms with Crippen LogP contribution in [-0.2, 0) is 11.3 Å². The second-order valence-electron chi connectivity index (χ2n) is 4.93. The quantitative estimate of drug-likeness (QED) is 0.631. The van der Waals surface area contributed by atoms with Crippen LogP contribution in [0.1, 0.15) is 26.3 Å². The van der Waals surface area contributed by atoms with Gasteiger partial charge in [-0.15, -0.1) is 0 Å². The predicted octanol–water partition coefficient (Wildman–Crippen LogP) is 3.47. The van der Waals surface area contributed by atoms with E-state index in [1.807, 2.05) is 32.9 Å². The van der Waals surface area contributed by atoms with E-state index < -0.39 is 0 Å². The number of benzene rings is 1. The molecule has 0 heterocycles. The highest BCUT2D eigenvalue weighted by atomic mass is 79.9. The molecule has 1 amide bonds. The van der Waals surface area contributed by atoms with E-state index in [4.69, 9.17) is 4.74 Å². The number of amides is 1. The summed E-state index contributed by atoms with van der Waals surface area (Å²) in [5.74, 6) is 0.965. The molecular weight excluding hydrogens is 400 g/mol. The molecule has 0 bridgehead atoms. The first-order valence-electron chi connectivity index (χ1n) is 7.04. The maximum absolute atomic E-state index is 11.4. The van der Waals surface area contributed by atoms with Crippen LogP contribution in [0.5, 0.6) is 5.75 Å². The van der Waals surface area contributed by atoms with Crippen LogP contribution >= 0.6 is 31.9 Å². The van der Waals surface area contributed by atoms with E-state index >= 15 is 0 Å². The second kappa shape index (κ2) is 9.43. The first-order valence-corrected chi connectivity index (χ1v) is 8.63. The highest BCUT2D eigenvalue weighted by Crippen LogP contribution is 2.32. The number of carbonyl (C=O) groups excluding carboxylic acids is 1. The van der Waals surface area contributed by atoms with E-state index in [0.717, 1.165) is 20.3 Å². The lowest BCUT2D eigenvalue weighted by atomic mass is 10.2. The third kappa shape index (κ3) is 6.36. The first-order chi connectivity index (χ1) is 9.95. The summed E-state index contributed by atoms with van der Waals surface area (Å²) in [4.78, 5) is 11.4. The number of carbonyl (C=O) groups is 1. The zero-order valence-corrected chi connectivity index (χ0v) is 15.8. The number of hydrogen-bond acceptors (Lipinski definition) is 3. The van der Waals surface area contributed by atoms with Gasteiger partial charge in [-0.3, -0.25) is 4.79 Å². The van der Waals surface area contributed by atoms with Gasteiger partial charge >= 0.3 is 0 Å². The first kappa shape index (κ1) is 18.5. The van der Waals surface area contributed by atoms with Crippen molar-refractivity contribution in [2.75, 3.05) is 19.7 Å². The van der Waals surface area contributed by atoms with Gasteiger partial charge in [-0.25, -0.2) is 0 Å². The van der Waals surface area contributed by atoms with Crippen LogP contribution < -0.4 is 15.4 Å². The monoisotopic (exact) mass is 420 g/mol. The third-order valence-electron chi connectivity index (χ3n) is 2.81. The molecule has 1 aromatic carbocycles. The Balaban J connectivity index is 2.49. The van der Waals surface area contributed by atoms with Crippen molar-refractivity contribution < 1.29 is 9.53 Å². The average Bonchev–Trinajstić information content (AvgIpc) is 2.41. The van der Waals surface area contributed by atoms with E-state index in [0.29, 0.717) is 26.2 Å². The fraction of sp³-hybridized carbons (Fsp3) is 0.533. The molecule has 118 valence electrons. The Morgan fingerprint density at radius 3 is 2.62 bits per heavy atom. The lowest BCUT2D eigenvalue weighted by molar-refractivity contribution is -0.123. The molecule has 0 aliphatic rings. The molecule has 0 spiro atoms. The fourth-order valence-electron chi connectivity index (χ4n) is 1.75. The lowest BCUT2D eigenvalue weighted by Gasteiger charge is -2.14. The standard InChI is InChI=1S/C15H22Br2N2O2/c1-4-21-14-11(7-12(16)8-13(14)17)9-18-5-6-19-15(20)10(2)3/h7-8,10,18H,4-6,9H2,1-3H3,(H,19,20). The molecule has 1 rings (SSSR count). The number of rotatable bonds is 8. The molecule has 0 radical (unpaired) electrons. The number of ether oxygens (including phenoxy) is 1. The van der Waals surface area contributed by atoms with Gasteiger partial charge in [0, 0.05) is 35.6 Å². The average molecular weight is 422 g/mol. The summed E-state index contributed by atoms with van der Waals surface area (Å²) in [6.45, 7) is 8.38. The van der Waals surface area contributed by atoms with Crippen molar-refractivity contribution in [1.82, 2.24) is 10.6 Å². The van der Waals surface area contributed by atoms with E-state index in [1.165, 1.54) is 0 Å². The summed E-state index contributed by atoms with van der Waals surface area (Å²) in [5.41, 5.74) is 1.08. The van der Waals surface area contributed by atoms with Gasteiger partial charge < -0.3 is 15.4 Å². The summed E-state index contributed by atoms with van der Waals surface area (Å²) in [7, 11) is 0. The third-order valence-corrected chi connectivity index (χ3v) is 3.86. The van der Waals surface area contributed by atoms with E-state index in [9.17, 15) is 4.79 Å². The predicted molar refractivity (Wildman–Crippen MR) is 92.6 cm³/mol. The molecule has 0 aliphatic heterocycles. The van der Waals surface area contributed by atoms with Crippen molar-refractivity contribution in [3.8, 4) is 5.75 Å². The van der Waals surface area contributed by atoms with Crippen LogP contribution in [-0.4, -0.2) is 25.6 Å². The number of nitrogens with one attached hydrogen (secondary N) is 2. The zero-order chi connectivity index (χ0) is 15.8. The van der Waals surface area contributed by atoms with Crippen LogP contribution in [0.4, 0.5) is 0 Å². The fourth-order valence-corrected chi connectivity index (χ4v) is 3.18. The van der Waals surface area contributed by atoms with E-state index in [2.05, 4.69) is 42.5 Å². The van der Waals surface area contributed by atoms with Gasteiger partial charge in [0.1, 0.15) is 5.75 Å². The molecule has 1 aromatic rings. The van der Waals surface area contributed by atoms with E-state index in [-0.39, 0.29) is 11.8 Å². The molecular formula is C15H22Br2N2O2. The Labute approximate surface area is 143 Å². The summed E-state index contributed by atoms with van der Waals surface area (Å²) < 4.78 is 7.61. The van der Waals surface area contributed by atoms with Crippen LogP contribution in [0, 0.1) is 5.92 Å². The molecule has 0 atom stereocenters. The number of halogens is 2. The summed E-state index contributed by atoms with van der Waals surface area (Å²) in [5, 5.41) is 6.19. The SMILES string of the molecule is CCOc1c(Br)cc(Br)cc1CNCCNC(=O)C(C)C. The highest BCUT2D eigenvalue weighted by Gasteiger charge is 2.10. The van der Waals surface area contributed by atoms with Gasteiger partial charge in [-0.05, 0) is 35.0 Å². The summed E-state index contributed by atoms with van der Waals surface area (Å²) >= 11 is 7.00. The topological polar surface area (TPSA) is 50.4 Å². The smallest absolute Gasteiger partial charge is 0.222 e. The minimum atomic E-state index is 0.0237. The van der Waals surface area contributed by atoms with Gasteiger partial charge in [0.25, 0.3) is 0 Å². The Hall–Kier alpha value is -0.590. The Morgan fingerprint density at radius 1 is 1.29 bits per heavy atom. The van der Waals surface area contributed by atoms with Crippen LogP contribution in [0.25, 0.3) is 0 Å². The van der Waals surface area contributed by atoms with Gasteiger partial charge in [-0.1, -0.05) is 29.8 Å². The summed E-state index contributed by atoms with van der Waals surface area (Å²) in [6.07, 6.45) is 0. The van der Waals surface area contributed by atoms with Gasteiger partial charge in [-0.2, -0.15) is 0 Å². The van der Waals surface area contributed by atoms with Gasteiger partial charge in [0.15, 0.2) is 0 Å². The van der Waals surface area contributed by atoms with Gasteiger partial charge in [0.05, 0.1) is 11.1 Å². The normalized spacial score (nSPS) is 10.8. The van der Waals surface area contributed by atoms with Crippen molar-refractivity contribution in [1.29, 1.82) is 0 Å². The van der Waals surface area contributed by atoms with Crippen molar-refractivity contribution in [3.63, 3.8) is 0 Å². The molecule has 0 aromatic heterocycles. The Morgan fingerprint density at radius 2 is 2.00 bits per heavy atom. The molecule has 0 unspecified atom stereocenters. The zero-order valence-electron chi connectivity index (χ0n) is 12.6. The number of hydrogen-bond donors (Lipinski definition) is 2. The summed E-state index contributed by atoms with van der Waals surface area (Å²) in [6, 6.07) is 4.01. The molecule has 0 aliphatic carbocycles. The van der Waals surface area contributed by atoms with Gasteiger partial charge in [0.2, 0.25) is 5.91 Å². The minimum Gasteiger partial charge on any atom is -0.492 e. The van der Waals surface area contributed by atoms with Crippen molar-refractivity contribution in [3.05, 3.63) is 26.6 Å². The molecule has 6 heteroatoms. The Bertz CT molecular complexity index is 479. The highest BCUT2D eigenvalue weighted by molar-refractivity contribution is 9.11. The molecule has 21 heavy (non-hydrogen) atoms. The van der Waals surface area contributed by atoms with E-state index in [1.54, 1.807) is 0 Å². The minimum absolute atomic E-state index is 0.0237. The molecule has 4 nitrogen and oxygen atoms in total. The van der Waals surface area contributed by atoms with Crippen molar-refractivity contribution >= 4 is 37.8 Å². The molecule has 0 fully saturated rings. The van der Waals surface area contributed by atoms with Crippen LogP contribution in [0.3, 0.4) is 0 Å². The van der Waals surface area contributed by atoms with Crippen LogP contribution in [0.15, 0.2) is 21.1 Å². The molecule has 0 saturated carbocycles. The van der Waals surface area contributed by atoms with Crippen molar-refractivity contribution in [2.45, 2.75) is 27.3 Å². The maximum atomic E-state index is 11.4. The molecule has 2 N–H and O–H groups in total. The second-order valence-corrected chi connectivity index (χ2v) is 6.70. The Kier molecular flexibility index (Phi) is 8.29. The largest absolute Gasteiger partial charge is 0.492 e. The van der Waals surface area contributed by atoms with Crippen molar-refractivity contribution in [2.24, 2.45) is 5.92 Å².